The SMILES string of the molecule is CCOc1cc(C(CC)CN)ccc1OC. The van der Waals surface area contributed by atoms with E-state index >= 15 is 0 Å². The summed E-state index contributed by atoms with van der Waals surface area (Å²) in [4.78, 5) is 0. The first kappa shape index (κ1) is 12.8. The molecule has 0 amide bonds. The van der Waals surface area contributed by atoms with E-state index in [4.69, 9.17) is 15.2 Å². The molecule has 0 fully saturated rings. The van der Waals surface area contributed by atoms with Crippen molar-refractivity contribution in [2.45, 2.75) is 26.2 Å². The van der Waals surface area contributed by atoms with Crippen LogP contribution in [0.15, 0.2) is 18.2 Å². The van der Waals surface area contributed by atoms with Gasteiger partial charge in [0.05, 0.1) is 13.7 Å². The van der Waals surface area contributed by atoms with Crippen LogP contribution >= 0.6 is 0 Å². The monoisotopic (exact) mass is 223 g/mol. The van der Waals surface area contributed by atoms with Crippen LogP contribution in [0.4, 0.5) is 0 Å². The standard InChI is InChI=1S/C13H21NO2/c1-4-10(9-14)11-6-7-12(15-3)13(8-11)16-5-2/h6-8,10H,4-5,9,14H2,1-3H3. The number of benzene rings is 1. The van der Waals surface area contributed by atoms with Crippen LogP contribution in [-0.2, 0) is 0 Å². The lowest BCUT2D eigenvalue weighted by molar-refractivity contribution is 0.310. The summed E-state index contributed by atoms with van der Waals surface area (Å²) in [5.41, 5.74) is 6.95. The molecule has 90 valence electrons. The molecule has 1 aromatic rings. The third-order valence-corrected chi connectivity index (χ3v) is 2.74. The van der Waals surface area contributed by atoms with Crippen molar-refractivity contribution in [2.75, 3.05) is 20.3 Å². The Bertz CT molecular complexity index is 322. The fourth-order valence-corrected chi connectivity index (χ4v) is 1.75. The molecular weight excluding hydrogens is 202 g/mol. The molecule has 0 saturated heterocycles. The Morgan fingerprint density at radius 1 is 1.25 bits per heavy atom. The van der Waals surface area contributed by atoms with Gasteiger partial charge in [-0.3, -0.25) is 0 Å². The molecule has 1 rings (SSSR count). The van der Waals surface area contributed by atoms with Gasteiger partial charge in [0, 0.05) is 0 Å². The van der Waals surface area contributed by atoms with Crippen LogP contribution in [0.5, 0.6) is 11.5 Å². The van der Waals surface area contributed by atoms with Crippen LogP contribution in [0, 0.1) is 0 Å². The molecule has 0 aliphatic heterocycles. The zero-order valence-electron chi connectivity index (χ0n) is 10.3. The average Bonchev–Trinajstić information content (AvgIpc) is 2.31. The molecule has 3 heteroatoms. The van der Waals surface area contributed by atoms with Gasteiger partial charge in [-0.05, 0) is 43.5 Å². The normalized spacial score (nSPS) is 12.2. The van der Waals surface area contributed by atoms with E-state index in [9.17, 15) is 0 Å². The number of hydrogen-bond acceptors (Lipinski definition) is 3. The summed E-state index contributed by atoms with van der Waals surface area (Å²) in [7, 11) is 1.65. The van der Waals surface area contributed by atoms with Gasteiger partial charge in [0.25, 0.3) is 0 Å². The largest absolute Gasteiger partial charge is 0.493 e. The van der Waals surface area contributed by atoms with Crippen molar-refractivity contribution >= 4 is 0 Å². The van der Waals surface area contributed by atoms with Gasteiger partial charge >= 0.3 is 0 Å². The first-order chi connectivity index (χ1) is 7.76. The molecular formula is C13H21NO2. The molecule has 1 unspecified atom stereocenters. The maximum Gasteiger partial charge on any atom is 0.161 e. The second-order valence-corrected chi connectivity index (χ2v) is 3.68. The van der Waals surface area contributed by atoms with Crippen molar-refractivity contribution in [2.24, 2.45) is 5.73 Å². The Hall–Kier alpha value is -1.22. The Labute approximate surface area is 97.6 Å². The number of hydrogen-bond donors (Lipinski definition) is 1. The fraction of sp³-hybridized carbons (Fsp3) is 0.538. The Kier molecular flexibility index (Phi) is 5.12. The van der Waals surface area contributed by atoms with Gasteiger partial charge in [-0.25, -0.2) is 0 Å². The van der Waals surface area contributed by atoms with E-state index in [0.717, 1.165) is 17.9 Å². The van der Waals surface area contributed by atoms with Crippen LogP contribution in [0.1, 0.15) is 31.7 Å². The second kappa shape index (κ2) is 6.38. The van der Waals surface area contributed by atoms with Crippen molar-refractivity contribution in [3.8, 4) is 11.5 Å². The van der Waals surface area contributed by atoms with E-state index < -0.39 is 0 Å². The average molecular weight is 223 g/mol. The number of methoxy groups -OCH3 is 1. The van der Waals surface area contributed by atoms with Gasteiger partial charge < -0.3 is 15.2 Å². The van der Waals surface area contributed by atoms with Crippen molar-refractivity contribution in [3.63, 3.8) is 0 Å². The highest BCUT2D eigenvalue weighted by atomic mass is 16.5. The molecule has 1 aromatic carbocycles. The lowest BCUT2D eigenvalue weighted by Crippen LogP contribution is -2.11. The third kappa shape index (κ3) is 2.89. The lowest BCUT2D eigenvalue weighted by atomic mass is 9.96. The Balaban J connectivity index is 3.00. The molecule has 3 nitrogen and oxygen atoms in total. The van der Waals surface area contributed by atoms with Gasteiger partial charge in [-0.2, -0.15) is 0 Å². The van der Waals surface area contributed by atoms with Gasteiger partial charge in [-0.15, -0.1) is 0 Å². The minimum Gasteiger partial charge on any atom is -0.493 e. The summed E-state index contributed by atoms with van der Waals surface area (Å²) in [6.45, 7) is 5.40. The summed E-state index contributed by atoms with van der Waals surface area (Å²) in [5.74, 6) is 1.97. The molecule has 0 aliphatic rings. The zero-order chi connectivity index (χ0) is 12.0. The quantitative estimate of drug-likeness (QED) is 0.806. The maximum absolute atomic E-state index is 5.74. The molecule has 0 saturated carbocycles. The molecule has 0 radical (unpaired) electrons. The number of rotatable bonds is 6. The van der Waals surface area contributed by atoms with Crippen molar-refractivity contribution in [3.05, 3.63) is 23.8 Å². The first-order valence-corrected chi connectivity index (χ1v) is 5.77. The van der Waals surface area contributed by atoms with E-state index in [-0.39, 0.29) is 0 Å². The number of ether oxygens (including phenoxy) is 2. The fourth-order valence-electron chi connectivity index (χ4n) is 1.75. The van der Waals surface area contributed by atoms with E-state index in [1.807, 2.05) is 19.1 Å². The van der Waals surface area contributed by atoms with Crippen molar-refractivity contribution in [1.82, 2.24) is 0 Å². The molecule has 0 heterocycles. The van der Waals surface area contributed by atoms with Gasteiger partial charge in [0.1, 0.15) is 0 Å². The minimum atomic E-state index is 0.394. The smallest absolute Gasteiger partial charge is 0.161 e. The molecule has 0 bridgehead atoms. The molecule has 1 atom stereocenters. The molecule has 16 heavy (non-hydrogen) atoms. The maximum atomic E-state index is 5.74. The summed E-state index contributed by atoms with van der Waals surface area (Å²) < 4.78 is 10.8. The summed E-state index contributed by atoms with van der Waals surface area (Å²) in [6.07, 6.45) is 1.04. The Morgan fingerprint density at radius 3 is 2.50 bits per heavy atom. The van der Waals surface area contributed by atoms with Crippen LogP contribution in [-0.4, -0.2) is 20.3 Å². The van der Waals surface area contributed by atoms with E-state index in [2.05, 4.69) is 13.0 Å². The highest BCUT2D eigenvalue weighted by molar-refractivity contribution is 5.44. The minimum absolute atomic E-state index is 0.394. The summed E-state index contributed by atoms with van der Waals surface area (Å²) in [5, 5.41) is 0. The summed E-state index contributed by atoms with van der Waals surface area (Å²) >= 11 is 0. The number of nitrogens with two attached hydrogens (primary N) is 1. The van der Waals surface area contributed by atoms with E-state index in [0.29, 0.717) is 19.1 Å². The molecule has 2 N–H and O–H groups in total. The lowest BCUT2D eigenvalue weighted by Gasteiger charge is -2.16. The molecule has 0 aliphatic carbocycles. The van der Waals surface area contributed by atoms with Crippen LogP contribution in [0.25, 0.3) is 0 Å². The second-order valence-electron chi connectivity index (χ2n) is 3.68. The van der Waals surface area contributed by atoms with E-state index in [1.54, 1.807) is 7.11 Å². The predicted molar refractivity (Wildman–Crippen MR) is 66.2 cm³/mol. The first-order valence-electron chi connectivity index (χ1n) is 5.77. The van der Waals surface area contributed by atoms with Gasteiger partial charge in [0.15, 0.2) is 11.5 Å². The van der Waals surface area contributed by atoms with Gasteiger partial charge in [-0.1, -0.05) is 13.0 Å². The van der Waals surface area contributed by atoms with Crippen LogP contribution in [0.3, 0.4) is 0 Å². The van der Waals surface area contributed by atoms with Crippen LogP contribution < -0.4 is 15.2 Å². The van der Waals surface area contributed by atoms with E-state index in [1.165, 1.54) is 5.56 Å². The Morgan fingerprint density at radius 2 is 2.00 bits per heavy atom. The van der Waals surface area contributed by atoms with Crippen molar-refractivity contribution < 1.29 is 9.47 Å². The summed E-state index contributed by atoms with van der Waals surface area (Å²) in [6, 6.07) is 6.03. The predicted octanol–water partition coefficient (Wildman–Crippen LogP) is 2.55. The third-order valence-electron chi connectivity index (χ3n) is 2.74. The zero-order valence-corrected chi connectivity index (χ0v) is 10.3. The highest BCUT2D eigenvalue weighted by Crippen LogP contribution is 2.31. The molecule has 0 spiro atoms. The van der Waals surface area contributed by atoms with Crippen molar-refractivity contribution in [1.29, 1.82) is 0 Å². The highest BCUT2D eigenvalue weighted by Gasteiger charge is 2.11. The molecule has 0 aromatic heterocycles. The topological polar surface area (TPSA) is 44.5 Å². The van der Waals surface area contributed by atoms with Gasteiger partial charge in [0.2, 0.25) is 0 Å². The van der Waals surface area contributed by atoms with Crippen LogP contribution in [0.2, 0.25) is 0 Å².